The molecule has 0 saturated carbocycles. The smallest absolute Gasteiger partial charge is 0.317 e. The van der Waals surface area contributed by atoms with E-state index in [-0.39, 0.29) is 24.7 Å². The molecule has 15 heavy (non-hydrogen) atoms. The van der Waals surface area contributed by atoms with E-state index in [2.05, 4.69) is 32.8 Å². The summed E-state index contributed by atoms with van der Waals surface area (Å²) in [5.74, 6) is -0.824. The first-order chi connectivity index (χ1) is 6.27. The van der Waals surface area contributed by atoms with E-state index in [9.17, 15) is 9.59 Å². The zero-order valence-electron chi connectivity index (χ0n) is 7.91. The highest BCUT2D eigenvalue weighted by molar-refractivity contribution is 8.26. The number of carbonyl (C=O) groups is 2. The summed E-state index contributed by atoms with van der Waals surface area (Å²) in [4.78, 5) is 19.0. The molecule has 0 amide bonds. The summed E-state index contributed by atoms with van der Waals surface area (Å²) in [7, 11) is 7.36. The fraction of sp³-hybridized carbons (Fsp3) is 0.600. The average molecular weight is 304 g/mol. The maximum atomic E-state index is 9.75. The Balaban J connectivity index is -0.0000000590. The molecule has 6 nitrogen and oxygen atoms in total. The summed E-state index contributed by atoms with van der Waals surface area (Å²) >= 11 is 0. The number of ketones is 1. The van der Waals surface area contributed by atoms with Crippen molar-refractivity contribution in [3.05, 3.63) is 0 Å². The number of aliphatic carboxylic acids is 1. The van der Waals surface area contributed by atoms with Crippen molar-refractivity contribution in [3.8, 4) is 0 Å². The molecule has 0 aliphatic heterocycles. The number of Topliss-reactive ketones (excluding diaryl/α,β-unsaturated/α-hetero) is 1. The second-order valence-electron chi connectivity index (χ2n) is 1.73. The lowest BCUT2D eigenvalue weighted by Crippen LogP contribution is -3.00. The van der Waals surface area contributed by atoms with Gasteiger partial charge in [-0.2, -0.15) is 0 Å². The van der Waals surface area contributed by atoms with Crippen molar-refractivity contribution in [2.45, 2.75) is 6.92 Å². The Labute approximate surface area is 105 Å². The largest absolute Gasteiger partial charge is 1.00 e. The third kappa shape index (κ3) is 123. The number of nitrogens with two attached hydrogens (primary N) is 1. The van der Waals surface area contributed by atoms with E-state index >= 15 is 0 Å². The molecule has 94 valence electrons. The number of hydrogen-bond acceptors (Lipinski definition) is 4. The molecule has 0 unspecified atom stereocenters. The number of hydrogen-bond donors (Lipinski definition) is 3. The van der Waals surface area contributed by atoms with Crippen LogP contribution in [0.25, 0.3) is 0 Å². The molecule has 0 aromatic carbocycles. The van der Waals surface area contributed by atoms with Gasteiger partial charge in [0.25, 0.3) is 0 Å². The summed E-state index contributed by atoms with van der Waals surface area (Å²) in [6, 6.07) is 0. The minimum Gasteiger partial charge on any atom is -1.00 e. The van der Waals surface area contributed by atoms with Crippen molar-refractivity contribution in [1.29, 1.82) is 0 Å². The van der Waals surface area contributed by atoms with E-state index in [0.717, 1.165) is 0 Å². The summed E-state index contributed by atoms with van der Waals surface area (Å²) < 4.78 is 9.09. The number of carbonyl (C=O) groups excluding carboxylic acids is 1. The molecule has 0 aromatic rings. The fourth-order valence-corrected chi connectivity index (χ4v) is 0. The first-order valence-electron chi connectivity index (χ1n) is 3.22. The molecule has 0 fully saturated rings. The summed E-state index contributed by atoms with van der Waals surface area (Å²) in [6.07, 6.45) is 0. The van der Waals surface area contributed by atoms with Crippen LogP contribution in [0.3, 0.4) is 0 Å². The van der Waals surface area contributed by atoms with Crippen LogP contribution in [0.4, 0.5) is 0 Å². The van der Waals surface area contributed by atoms with Crippen LogP contribution in [0.5, 0.6) is 0 Å². The van der Waals surface area contributed by atoms with E-state index in [4.69, 9.17) is 9.32 Å². The molecule has 0 radical (unpaired) electrons. The minimum absolute atomic E-state index is 0. The second-order valence-corrected chi connectivity index (χ2v) is 4.26. The third-order valence-corrected chi connectivity index (χ3v) is 0.527. The molecule has 0 atom stereocenters. The quantitative estimate of drug-likeness (QED) is 0.447. The number of rotatable bonds is 2. The molecule has 6 N–H and O–H groups in total. The van der Waals surface area contributed by atoms with Gasteiger partial charge in [0, 0.05) is 28.3 Å². The maximum Gasteiger partial charge on any atom is 0.317 e. The van der Waals surface area contributed by atoms with Gasteiger partial charge < -0.3 is 29.0 Å². The van der Waals surface area contributed by atoms with Crippen molar-refractivity contribution >= 4 is 42.3 Å². The molecule has 10 heteroatoms. The van der Waals surface area contributed by atoms with Crippen LogP contribution >= 0.6 is 21.4 Å². The van der Waals surface area contributed by atoms with Crippen molar-refractivity contribution in [1.82, 2.24) is 0 Å². The van der Waals surface area contributed by atoms with Gasteiger partial charge in [-0.15, -0.1) is 0 Å². The lowest BCUT2D eigenvalue weighted by molar-refractivity contribution is -0.354. The predicted molar refractivity (Wildman–Crippen MR) is 55.0 cm³/mol. The van der Waals surface area contributed by atoms with Gasteiger partial charge in [0.2, 0.25) is 9.23 Å². The third-order valence-electron chi connectivity index (χ3n) is 0.527. The number of halogens is 3. The maximum absolute atomic E-state index is 9.75. The highest BCUT2D eigenvalue weighted by Crippen LogP contribution is 1.89. The van der Waals surface area contributed by atoms with Gasteiger partial charge >= 0.3 is 5.97 Å². The summed E-state index contributed by atoms with van der Waals surface area (Å²) in [5.41, 5.74) is 7.91. The molecule has 0 aliphatic rings. The lowest BCUT2D eigenvalue weighted by atomic mass is 10.5. The van der Waals surface area contributed by atoms with Gasteiger partial charge in [0.05, 0.1) is 6.54 Å². The second kappa shape index (κ2) is 19.6. The first-order valence-corrected chi connectivity index (χ1v) is 6.02. The van der Waals surface area contributed by atoms with E-state index < -0.39 is 15.2 Å². The fourth-order valence-electron chi connectivity index (χ4n) is 0. The predicted octanol–water partition coefficient (Wildman–Crippen LogP) is -4.11. The zero-order chi connectivity index (χ0) is 12.1. The minimum atomic E-state index is -1.67. The van der Waals surface area contributed by atoms with Crippen LogP contribution in [-0.4, -0.2) is 34.2 Å². The van der Waals surface area contributed by atoms with Gasteiger partial charge in [-0.3, -0.25) is 9.59 Å². The number of carboxylic acid groups (broad SMARTS) is 1. The topological polar surface area (TPSA) is 125 Å². The van der Waals surface area contributed by atoms with Gasteiger partial charge in [-0.05, 0) is 0 Å². The van der Waals surface area contributed by atoms with Gasteiger partial charge in [-0.25, -0.2) is 4.21 Å². The number of quaternary nitrogens is 1. The van der Waals surface area contributed by atoms with Crippen LogP contribution in [0.2, 0.25) is 0 Å². The van der Waals surface area contributed by atoms with Crippen LogP contribution in [-0.2, 0) is 18.8 Å². The molecule has 0 saturated heterocycles. The van der Waals surface area contributed by atoms with Crippen molar-refractivity contribution in [3.63, 3.8) is 0 Å². The standard InChI is InChI=1S/C3H7NO.C2H5NO2.Cl2OS.ClH/c1-3(5)2-4;3-1-2(4)5;1-4(2)3;/h2,4H2,1H3;1,3H2,(H,4,5);;1H. The van der Waals surface area contributed by atoms with Gasteiger partial charge in [0.1, 0.15) is 6.54 Å². The van der Waals surface area contributed by atoms with E-state index in [1.54, 1.807) is 0 Å². The Morgan fingerprint density at radius 2 is 1.60 bits per heavy atom. The summed E-state index contributed by atoms with van der Waals surface area (Å²) in [6.45, 7) is 1.66. The summed E-state index contributed by atoms with van der Waals surface area (Å²) in [5, 5.41) is 7.60. The van der Waals surface area contributed by atoms with Crippen LogP contribution in [0.15, 0.2) is 0 Å². The highest BCUT2D eigenvalue weighted by Gasteiger charge is 1.81. The molecule has 0 heterocycles. The van der Waals surface area contributed by atoms with Gasteiger partial charge in [0.15, 0.2) is 5.78 Å². The molecule has 0 rings (SSSR count). The Hall–Kier alpha value is 0.0800. The zero-order valence-corrected chi connectivity index (χ0v) is 11.0. The Morgan fingerprint density at radius 1 is 1.47 bits per heavy atom. The highest BCUT2D eigenvalue weighted by atomic mass is 36.0. The lowest BCUT2D eigenvalue weighted by Gasteiger charge is -1.73. The average Bonchev–Trinajstić information content (AvgIpc) is 2.04. The Morgan fingerprint density at radius 3 is 1.60 bits per heavy atom. The Bertz CT molecular complexity index is 175. The van der Waals surface area contributed by atoms with Crippen molar-refractivity contribution in [2.75, 3.05) is 13.1 Å². The van der Waals surface area contributed by atoms with Crippen LogP contribution in [0.1, 0.15) is 6.92 Å². The molecule has 0 aromatic heterocycles. The van der Waals surface area contributed by atoms with Crippen LogP contribution < -0.4 is 23.9 Å². The van der Waals surface area contributed by atoms with Crippen molar-refractivity contribution in [2.24, 2.45) is 5.73 Å². The molecule has 0 aliphatic carbocycles. The SMILES string of the molecule is CC(=O)C[NH3+].NCC(=O)O.O=S(Cl)Cl.[Cl-]. The van der Waals surface area contributed by atoms with E-state index in [0.29, 0.717) is 6.54 Å². The molecular weight excluding hydrogens is 290 g/mol. The van der Waals surface area contributed by atoms with E-state index in [1.807, 2.05) is 0 Å². The van der Waals surface area contributed by atoms with Gasteiger partial charge in [-0.1, -0.05) is 0 Å². The van der Waals surface area contributed by atoms with Crippen LogP contribution in [0, 0.1) is 0 Å². The molecule has 0 spiro atoms. The normalized spacial score (nSPS) is 7.33. The van der Waals surface area contributed by atoms with Crippen molar-refractivity contribution < 1.29 is 37.0 Å². The molecular formula is C5H13Cl3N2O4S. The monoisotopic (exact) mass is 302 g/mol. The first kappa shape index (κ1) is 24.4. The number of carboxylic acids is 1. The molecule has 0 bridgehead atoms. The Kier molecular flexibility index (Phi) is 31.9. The van der Waals surface area contributed by atoms with E-state index in [1.165, 1.54) is 6.92 Å².